The molecule has 2 aromatic heterocycles. The molecule has 0 spiro atoms. The molecule has 0 saturated carbocycles. The SMILES string of the molecule is CN(C)CC(=O)NCc1cccc(-c2ccccn2)n1. The summed E-state index contributed by atoms with van der Waals surface area (Å²) in [5.74, 6) is -0.0139. The second-order valence-electron chi connectivity index (χ2n) is 4.74. The van der Waals surface area contributed by atoms with Crippen molar-refractivity contribution >= 4 is 5.91 Å². The van der Waals surface area contributed by atoms with Crippen LogP contribution in [0.25, 0.3) is 11.4 Å². The summed E-state index contributed by atoms with van der Waals surface area (Å²) < 4.78 is 0. The van der Waals surface area contributed by atoms with Crippen molar-refractivity contribution in [2.24, 2.45) is 0 Å². The number of likely N-dealkylation sites (N-methyl/N-ethyl adjacent to an activating group) is 1. The molecule has 0 aliphatic rings. The van der Waals surface area contributed by atoms with E-state index in [4.69, 9.17) is 0 Å². The van der Waals surface area contributed by atoms with Crippen LogP contribution in [0.15, 0.2) is 42.6 Å². The van der Waals surface area contributed by atoms with Crippen molar-refractivity contribution in [3.63, 3.8) is 0 Å². The minimum absolute atomic E-state index is 0.0139. The van der Waals surface area contributed by atoms with Crippen molar-refractivity contribution in [2.45, 2.75) is 6.54 Å². The van der Waals surface area contributed by atoms with Gasteiger partial charge < -0.3 is 10.2 Å². The van der Waals surface area contributed by atoms with Gasteiger partial charge in [0.2, 0.25) is 5.91 Å². The first-order chi connectivity index (χ1) is 9.65. The monoisotopic (exact) mass is 270 g/mol. The van der Waals surface area contributed by atoms with E-state index in [-0.39, 0.29) is 5.91 Å². The molecule has 0 fully saturated rings. The minimum atomic E-state index is -0.0139. The summed E-state index contributed by atoms with van der Waals surface area (Å²) in [7, 11) is 3.72. The van der Waals surface area contributed by atoms with Gasteiger partial charge in [-0.05, 0) is 38.4 Å². The summed E-state index contributed by atoms with van der Waals surface area (Å²) in [6.07, 6.45) is 1.74. The fraction of sp³-hybridized carbons (Fsp3) is 0.267. The maximum atomic E-state index is 11.6. The lowest BCUT2D eigenvalue weighted by Gasteiger charge is -2.10. The average molecular weight is 270 g/mol. The number of aromatic nitrogens is 2. The summed E-state index contributed by atoms with van der Waals surface area (Å²) >= 11 is 0. The van der Waals surface area contributed by atoms with Gasteiger partial charge in [0.15, 0.2) is 0 Å². The Hall–Kier alpha value is -2.27. The first-order valence-corrected chi connectivity index (χ1v) is 6.44. The number of hydrogen-bond donors (Lipinski definition) is 1. The Morgan fingerprint density at radius 2 is 1.95 bits per heavy atom. The van der Waals surface area contributed by atoms with Gasteiger partial charge in [0.25, 0.3) is 0 Å². The van der Waals surface area contributed by atoms with E-state index in [0.29, 0.717) is 13.1 Å². The Morgan fingerprint density at radius 3 is 2.65 bits per heavy atom. The standard InChI is InChI=1S/C15H18N4O/c1-19(2)11-15(20)17-10-12-6-5-8-14(18-12)13-7-3-4-9-16-13/h3-9H,10-11H2,1-2H3,(H,17,20). The van der Waals surface area contributed by atoms with Crippen LogP contribution in [0.5, 0.6) is 0 Å². The van der Waals surface area contributed by atoms with E-state index in [9.17, 15) is 4.79 Å². The molecule has 20 heavy (non-hydrogen) atoms. The van der Waals surface area contributed by atoms with E-state index in [1.54, 1.807) is 6.20 Å². The third-order valence-electron chi connectivity index (χ3n) is 2.66. The predicted molar refractivity (Wildman–Crippen MR) is 77.9 cm³/mol. The lowest BCUT2D eigenvalue weighted by Crippen LogP contribution is -2.33. The Labute approximate surface area is 118 Å². The van der Waals surface area contributed by atoms with Gasteiger partial charge in [0, 0.05) is 6.20 Å². The van der Waals surface area contributed by atoms with Crippen LogP contribution >= 0.6 is 0 Å². The summed E-state index contributed by atoms with van der Waals surface area (Å²) in [6, 6.07) is 11.4. The molecule has 104 valence electrons. The number of carbonyl (C=O) groups excluding carboxylic acids is 1. The van der Waals surface area contributed by atoms with Crippen LogP contribution in [-0.2, 0) is 11.3 Å². The smallest absolute Gasteiger partial charge is 0.234 e. The first-order valence-electron chi connectivity index (χ1n) is 6.44. The summed E-state index contributed by atoms with van der Waals surface area (Å²) in [4.78, 5) is 22.2. The van der Waals surface area contributed by atoms with Crippen LogP contribution in [0, 0.1) is 0 Å². The maximum Gasteiger partial charge on any atom is 0.234 e. The molecule has 1 amide bonds. The normalized spacial score (nSPS) is 10.6. The molecule has 0 atom stereocenters. The van der Waals surface area contributed by atoms with Gasteiger partial charge >= 0.3 is 0 Å². The van der Waals surface area contributed by atoms with E-state index in [1.165, 1.54) is 0 Å². The minimum Gasteiger partial charge on any atom is -0.349 e. The highest BCUT2D eigenvalue weighted by Gasteiger charge is 2.05. The van der Waals surface area contributed by atoms with Crippen LogP contribution in [0.3, 0.4) is 0 Å². The topological polar surface area (TPSA) is 58.1 Å². The van der Waals surface area contributed by atoms with E-state index in [1.807, 2.05) is 55.4 Å². The highest BCUT2D eigenvalue weighted by atomic mass is 16.2. The van der Waals surface area contributed by atoms with Gasteiger partial charge in [-0.3, -0.25) is 9.78 Å². The van der Waals surface area contributed by atoms with E-state index >= 15 is 0 Å². The molecular formula is C15H18N4O. The zero-order valence-electron chi connectivity index (χ0n) is 11.7. The largest absolute Gasteiger partial charge is 0.349 e. The number of nitrogens with one attached hydrogen (secondary N) is 1. The molecule has 0 bridgehead atoms. The van der Waals surface area contributed by atoms with Crippen LogP contribution in [0.4, 0.5) is 0 Å². The predicted octanol–water partition coefficient (Wildman–Crippen LogP) is 1.32. The molecule has 5 nitrogen and oxygen atoms in total. The van der Waals surface area contributed by atoms with Gasteiger partial charge in [0.1, 0.15) is 0 Å². The number of carbonyl (C=O) groups is 1. The average Bonchev–Trinajstić information content (AvgIpc) is 2.46. The lowest BCUT2D eigenvalue weighted by molar-refractivity contribution is -0.121. The van der Waals surface area contributed by atoms with Gasteiger partial charge in [-0.25, -0.2) is 4.98 Å². The third kappa shape index (κ3) is 4.13. The Morgan fingerprint density at radius 1 is 1.15 bits per heavy atom. The van der Waals surface area contributed by atoms with E-state index in [2.05, 4.69) is 15.3 Å². The quantitative estimate of drug-likeness (QED) is 0.890. The first kappa shape index (κ1) is 14.1. The lowest BCUT2D eigenvalue weighted by atomic mass is 10.2. The van der Waals surface area contributed by atoms with Crippen LogP contribution < -0.4 is 5.32 Å². The van der Waals surface area contributed by atoms with Crippen LogP contribution in [-0.4, -0.2) is 41.4 Å². The Bertz CT molecular complexity index is 569. The van der Waals surface area contributed by atoms with Crippen molar-refractivity contribution in [3.05, 3.63) is 48.3 Å². The van der Waals surface area contributed by atoms with Gasteiger partial charge in [-0.1, -0.05) is 12.1 Å². The van der Waals surface area contributed by atoms with Gasteiger partial charge in [0.05, 0.1) is 30.2 Å². The molecular weight excluding hydrogens is 252 g/mol. The Kier molecular flexibility index (Phi) is 4.79. The van der Waals surface area contributed by atoms with Crippen molar-refractivity contribution in [2.75, 3.05) is 20.6 Å². The fourth-order valence-electron chi connectivity index (χ4n) is 1.77. The van der Waals surface area contributed by atoms with Gasteiger partial charge in [-0.15, -0.1) is 0 Å². The number of rotatable bonds is 5. The molecule has 1 N–H and O–H groups in total. The van der Waals surface area contributed by atoms with E-state index < -0.39 is 0 Å². The molecule has 5 heteroatoms. The molecule has 0 saturated heterocycles. The summed E-state index contributed by atoms with van der Waals surface area (Å²) in [6.45, 7) is 0.799. The second kappa shape index (κ2) is 6.77. The highest BCUT2D eigenvalue weighted by molar-refractivity contribution is 5.77. The molecule has 0 unspecified atom stereocenters. The number of pyridine rings is 2. The number of hydrogen-bond acceptors (Lipinski definition) is 4. The summed E-state index contributed by atoms with van der Waals surface area (Å²) in [5.41, 5.74) is 2.46. The molecule has 2 heterocycles. The van der Waals surface area contributed by atoms with Crippen molar-refractivity contribution in [3.8, 4) is 11.4 Å². The van der Waals surface area contributed by atoms with Crippen molar-refractivity contribution in [1.82, 2.24) is 20.2 Å². The molecule has 0 aliphatic carbocycles. The van der Waals surface area contributed by atoms with E-state index in [0.717, 1.165) is 17.1 Å². The fourth-order valence-corrected chi connectivity index (χ4v) is 1.77. The van der Waals surface area contributed by atoms with Crippen molar-refractivity contribution < 1.29 is 4.79 Å². The van der Waals surface area contributed by atoms with Crippen molar-refractivity contribution in [1.29, 1.82) is 0 Å². The number of amides is 1. The van der Waals surface area contributed by atoms with Crippen LogP contribution in [0.2, 0.25) is 0 Å². The highest BCUT2D eigenvalue weighted by Crippen LogP contribution is 2.13. The molecule has 0 aliphatic heterocycles. The zero-order valence-corrected chi connectivity index (χ0v) is 11.7. The molecule has 2 aromatic rings. The second-order valence-corrected chi connectivity index (χ2v) is 4.74. The Balaban J connectivity index is 2.02. The third-order valence-corrected chi connectivity index (χ3v) is 2.66. The molecule has 0 radical (unpaired) electrons. The zero-order chi connectivity index (χ0) is 14.4. The molecule has 2 rings (SSSR count). The molecule has 0 aromatic carbocycles. The number of nitrogens with zero attached hydrogens (tertiary/aromatic N) is 3. The summed E-state index contributed by atoms with van der Waals surface area (Å²) in [5, 5.41) is 2.85. The van der Waals surface area contributed by atoms with Crippen LogP contribution in [0.1, 0.15) is 5.69 Å². The maximum absolute atomic E-state index is 11.6. The van der Waals surface area contributed by atoms with Gasteiger partial charge in [-0.2, -0.15) is 0 Å².